The van der Waals surface area contributed by atoms with E-state index in [1.54, 1.807) is 0 Å². The number of nitro benzene ring substituents is 1. The molecular formula is C9H7Cl2NO4. The average Bonchev–Trinajstić information content (AvgIpc) is 2.23. The van der Waals surface area contributed by atoms with Crippen molar-refractivity contribution in [2.24, 2.45) is 0 Å². The summed E-state index contributed by atoms with van der Waals surface area (Å²) in [5.41, 5.74) is -0.189. The molecule has 0 bridgehead atoms. The molecule has 86 valence electrons. The van der Waals surface area contributed by atoms with Gasteiger partial charge in [0.05, 0.1) is 23.5 Å². The van der Waals surface area contributed by atoms with Crippen LogP contribution in [-0.4, -0.2) is 18.0 Å². The first-order valence-corrected chi connectivity index (χ1v) is 4.91. The van der Waals surface area contributed by atoms with Crippen molar-refractivity contribution in [3.8, 4) is 0 Å². The van der Waals surface area contributed by atoms with E-state index in [0.29, 0.717) is 0 Å². The van der Waals surface area contributed by atoms with E-state index >= 15 is 0 Å². The first-order valence-electron chi connectivity index (χ1n) is 4.15. The molecule has 1 aromatic rings. The lowest BCUT2D eigenvalue weighted by Crippen LogP contribution is -2.07. The van der Waals surface area contributed by atoms with Crippen LogP contribution in [-0.2, 0) is 16.0 Å². The SMILES string of the molecule is COC(=O)Cc1ccc(Cl)c(Cl)c1[N+](=O)[O-]. The molecule has 1 rings (SSSR count). The number of hydrogen-bond donors (Lipinski definition) is 0. The Labute approximate surface area is 101 Å². The summed E-state index contributed by atoms with van der Waals surface area (Å²) in [6, 6.07) is 2.78. The molecule has 0 saturated carbocycles. The minimum atomic E-state index is -0.674. The van der Waals surface area contributed by atoms with Gasteiger partial charge in [0.1, 0.15) is 5.02 Å². The Bertz CT molecular complexity index is 447. The number of nitro groups is 1. The summed E-state index contributed by atoms with van der Waals surface area (Å²) in [6.07, 6.45) is -0.219. The predicted octanol–water partition coefficient (Wildman–Crippen LogP) is 2.62. The van der Waals surface area contributed by atoms with Gasteiger partial charge in [-0.25, -0.2) is 0 Å². The molecule has 0 N–H and O–H groups in total. The zero-order valence-corrected chi connectivity index (χ0v) is 9.71. The van der Waals surface area contributed by atoms with Gasteiger partial charge in [-0.3, -0.25) is 14.9 Å². The van der Waals surface area contributed by atoms with Crippen molar-refractivity contribution in [3.05, 3.63) is 37.9 Å². The van der Waals surface area contributed by atoms with Gasteiger partial charge in [-0.05, 0) is 12.1 Å². The van der Waals surface area contributed by atoms with Crippen LogP contribution in [0.1, 0.15) is 5.56 Å². The van der Waals surface area contributed by atoms with Gasteiger partial charge in [0.2, 0.25) is 0 Å². The van der Waals surface area contributed by atoms with Crippen molar-refractivity contribution in [2.45, 2.75) is 6.42 Å². The smallest absolute Gasteiger partial charge is 0.310 e. The molecule has 7 heteroatoms. The third kappa shape index (κ3) is 2.62. The second-order valence-corrected chi connectivity index (χ2v) is 3.66. The fourth-order valence-corrected chi connectivity index (χ4v) is 1.55. The van der Waals surface area contributed by atoms with Crippen LogP contribution in [0.25, 0.3) is 0 Å². The third-order valence-corrected chi connectivity index (χ3v) is 2.69. The van der Waals surface area contributed by atoms with Gasteiger partial charge in [-0.15, -0.1) is 0 Å². The van der Waals surface area contributed by atoms with Crippen LogP contribution in [0.2, 0.25) is 10.0 Å². The topological polar surface area (TPSA) is 69.4 Å². The fraction of sp³-hybridized carbons (Fsp3) is 0.222. The molecule has 0 amide bonds. The Morgan fingerprint density at radius 2 is 2.12 bits per heavy atom. The van der Waals surface area contributed by atoms with E-state index < -0.39 is 10.9 Å². The minimum absolute atomic E-state index is 0.0713. The molecule has 1 aromatic carbocycles. The van der Waals surface area contributed by atoms with Gasteiger partial charge in [0.25, 0.3) is 5.69 Å². The predicted molar refractivity (Wildman–Crippen MR) is 58.8 cm³/mol. The molecule has 0 radical (unpaired) electrons. The molecule has 0 unspecified atom stereocenters. The van der Waals surface area contributed by atoms with Gasteiger partial charge < -0.3 is 4.74 Å². The minimum Gasteiger partial charge on any atom is -0.469 e. The number of esters is 1. The van der Waals surface area contributed by atoms with Crippen LogP contribution in [0, 0.1) is 10.1 Å². The summed E-state index contributed by atoms with van der Waals surface area (Å²) in [6.45, 7) is 0. The zero-order valence-electron chi connectivity index (χ0n) is 8.20. The highest BCUT2D eigenvalue weighted by Crippen LogP contribution is 2.34. The van der Waals surface area contributed by atoms with Crippen LogP contribution in [0.5, 0.6) is 0 Å². The largest absolute Gasteiger partial charge is 0.469 e. The van der Waals surface area contributed by atoms with Crippen molar-refractivity contribution in [3.63, 3.8) is 0 Å². The van der Waals surface area contributed by atoms with Crippen molar-refractivity contribution in [1.29, 1.82) is 0 Å². The number of methoxy groups -OCH3 is 1. The van der Waals surface area contributed by atoms with Crippen molar-refractivity contribution in [1.82, 2.24) is 0 Å². The molecule has 0 spiro atoms. The monoisotopic (exact) mass is 263 g/mol. The lowest BCUT2D eigenvalue weighted by Gasteiger charge is -2.04. The van der Waals surface area contributed by atoms with Crippen molar-refractivity contribution < 1.29 is 14.5 Å². The number of carbonyl (C=O) groups excluding carboxylic acids is 1. The van der Waals surface area contributed by atoms with Crippen molar-refractivity contribution in [2.75, 3.05) is 7.11 Å². The normalized spacial score (nSPS) is 9.94. The van der Waals surface area contributed by atoms with Gasteiger partial charge in [0, 0.05) is 5.56 Å². The molecule has 0 atom stereocenters. The van der Waals surface area contributed by atoms with Gasteiger partial charge in [-0.2, -0.15) is 0 Å². The summed E-state index contributed by atoms with van der Waals surface area (Å²) in [5.74, 6) is -0.582. The number of rotatable bonds is 3. The molecule has 0 heterocycles. The quantitative estimate of drug-likeness (QED) is 0.478. The van der Waals surface area contributed by atoms with Crippen LogP contribution in [0.15, 0.2) is 12.1 Å². The first kappa shape index (κ1) is 12.7. The van der Waals surface area contributed by atoms with E-state index in [1.165, 1.54) is 19.2 Å². The molecule has 16 heavy (non-hydrogen) atoms. The molecule has 0 aliphatic heterocycles. The summed E-state index contributed by atoms with van der Waals surface area (Å²) in [7, 11) is 1.20. The highest BCUT2D eigenvalue weighted by Gasteiger charge is 2.22. The molecular weight excluding hydrogens is 257 g/mol. The van der Waals surface area contributed by atoms with E-state index in [-0.39, 0.29) is 27.7 Å². The number of hydrogen-bond acceptors (Lipinski definition) is 4. The maximum Gasteiger partial charge on any atom is 0.310 e. The number of halogens is 2. The Kier molecular flexibility index (Phi) is 4.09. The standard InChI is InChI=1S/C9H7Cl2NO4/c1-16-7(13)4-5-2-3-6(10)8(11)9(5)12(14)15/h2-3H,4H2,1H3. The molecule has 5 nitrogen and oxygen atoms in total. The molecule has 0 aliphatic carbocycles. The third-order valence-electron chi connectivity index (χ3n) is 1.90. The van der Waals surface area contributed by atoms with Crippen LogP contribution < -0.4 is 0 Å². The van der Waals surface area contributed by atoms with E-state index in [9.17, 15) is 14.9 Å². The summed E-state index contributed by atoms with van der Waals surface area (Å²) >= 11 is 11.3. The van der Waals surface area contributed by atoms with Crippen LogP contribution in [0.3, 0.4) is 0 Å². The van der Waals surface area contributed by atoms with Crippen molar-refractivity contribution >= 4 is 34.9 Å². The van der Waals surface area contributed by atoms with Crippen LogP contribution >= 0.6 is 23.2 Å². The van der Waals surface area contributed by atoms with E-state index in [4.69, 9.17) is 23.2 Å². The number of nitrogens with zero attached hydrogens (tertiary/aromatic N) is 1. The zero-order chi connectivity index (χ0) is 12.3. The second kappa shape index (κ2) is 5.14. The number of carbonyl (C=O) groups is 1. The number of benzene rings is 1. The lowest BCUT2D eigenvalue weighted by atomic mass is 10.1. The molecule has 0 saturated heterocycles. The van der Waals surface area contributed by atoms with Gasteiger partial charge in [0.15, 0.2) is 0 Å². The lowest BCUT2D eigenvalue weighted by molar-refractivity contribution is -0.385. The van der Waals surface area contributed by atoms with E-state index in [2.05, 4.69) is 4.74 Å². The molecule has 0 aliphatic rings. The highest BCUT2D eigenvalue weighted by molar-refractivity contribution is 6.43. The van der Waals surface area contributed by atoms with Gasteiger partial charge in [-0.1, -0.05) is 23.2 Å². The summed E-state index contributed by atoms with van der Waals surface area (Å²) < 4.78 is 4.42. The number of ether oxygens (including phenoxy) is 1. The molecule has 0 aromatic heterocycles. The average molecular weight is 264 g/mol. The molecule has 0 fully saturated rings. The summed E-state index contributed by atoms with van der Waals surface area (Å²) in [4.78, 5) is 21.1. The van der Waals surface area contributed by atoms with Gasteiger partial charge >= 0.3 is 5.97 Å². The Hall–Kier alpha value is -1.33. The maximum absolute atomic E-state index is 11.0. The summed E-state index contributed by atoms with van der Waals surface area (Å²) in [5, 5.41) is 10.7. The van der Waals surface area contributed by atoms with E-state index in [1.807, 2.05) is 0 Å². The van der Waals surface area contributed by atoms with E-state index in [0.717, 1.165) is 0 Å². The second-order valence-electron chi connectivity index (χ2n) is 2.88. The fourth-order valence-electron chi connectivity index (χ4n) is 1.15. The maximum atomic E-state index is 11.0. The Morgan fingerprint density at radius 1 is 1.50 bits per heavy atom. The Morgan fingerprint density at radius 3 is 2.62 bits per heavy atom. The Balaban J connectivity index is 3.23. The highest BCUT2D eigenvalue weighted by atomic mass is 35.5. The van der Waals surface area contributed by atoms with Crippen LogP contribution in [0.4, 0.5) is 5.69 Å². The first-order chi connectivity index (χ1) is 7.47.